The lowest BCUT2D eigenvalue weighted by molar-refractivity contribution is -0.144. The Morgan fingerprint density at radius 3 is 2.92 bits per heavy atom. The Kier molecular flexibility index (Phi) is 3.48. The van der Waals surface area contributed by atoms with Crippen molar-refractivity contribution in [3.63, 3.8) is 0 Å². The maximum Gasteiger partial charge on any atom is 0.310 e. The van der Waals surface area contributed by atoms with E-state index >= 15 is 0 Å². The molecule has 0 radical (unpaired) electrons. The van der Waals surface area contributed by atoms with Gasteiger partial charge in [0, 0.05) is 13.1 Å². The number of methoxy groups -OCH3 is 1. The molecule has 74 valence electrons. The Hall–Kier alpha value is -0.830. The van der Waals surface area contributed by atoms with E-state index in [0.29, 0.717) is 0 Å². The van der Waals surface area contributed by atoms with Crippen molar-refractivity contribution in [1.82, 2.24) is 4.90 Å². The molecular weight excluding hydrogens is 166 g/mol. The van der Waals surface area contributed by atoms with Crippen LogP contribution < -0.4 is 0 Å². The normalized spacial score (nSPS) is 23.1. The number of ether oxygens (including phenoxy) is 1. The smallest absolute Gasteiger partial charge is 0.310 e. The van der Waals surface area contributed by atoms with Gasteiger partial charge in [-0.3, -0.25) is 9.69 Å². The maximum absolute atomic E-state index is 11.2. The molecule has 0 amide bonds. The second kappa shape index (κ2) is 4.42. The van der Waals surface area contributed by atoms with Crippen LogP contribution in [0.25, 0.3) is 0 Å². The molecule has 13 heavy (non-hydrogen) atoms. The molecule has 0 bridgehead atoms. The minimum atomic E-state index is -0.0794. The van der Waals surface area contributed by atoms with Gasteiger partial charge in [0.2, 0.25) is 0 Å². The summed E-state index contributed by atoms with van der Waals surface area (Å²) < 4.78 is 4.70. The van der Waals surface area contributed by atoms with Crippen LogP contribution in [-0.2, 0) is 9.53 Å². The molecule has 1 atom stereocenters. The second-order valence-corrected chi connectivity index (χ2v) is 3.70. The Balaban J connectivity index is 2.36. The summed E-state index contributed by atoms with van der Waals surface area (Å²) >= 11 is 0. The van der Waals surface area contributed by atoms with Gasteiger partial charge in [0.1, 0.15) is 0 Å². The highest BCUT2D eigenvalue weighted by atomic mass is 16.5. The molecular formula is C10H17NO2. The van der Waals surface area contributed by atoms with E-state index < -0.39 is 0 Å². The summed E-state index contributed by atoms with van der Waals surface area (Å²) in [5.41, 5.74) is 1.14. The van der Waals surface area contributed by atoms with Gasteiger partial charge in [-0.2, -0.15) is 0 Å². The van der Waals surface area contributed by atoms with Crippen LogP contribution in [0, 0.1) is 5.92 Å². The number of hydrogen-bond donors (Lipinski definition) is 0. The number of esters is 1. The number of hydrogen-bond acceptors (Lipinski definition) is 3. The lowest BCUT2D eigenvalue weighted by Gasteiger charge is -2.14. The molecule has 0 aromatic rings. The molecule has 1 aliphatic heterocycles. The van der Waals surface area contributed by atoms with Crippen LogP contribution in [0.5, 0.6) is 0 Å². The van der Waals surface area contributed by atoms with Crippen molar-refractivity contribution in [2.24, 2.45) is 5.92 Å². The van der Waals surface area contributed by atoms with Crippen molar-refractivity contribution in [2.75, 3.05) is 26.7 Å². The third kappa shape index (κ3) is 2.84. The first-order chi connectivity index (χ1) is 6.13. The summed E-state index contributed by atoms with van der Waals surface area (Å²) in [6.07, 6.45) is 0.917. The molecule has 1 aliphatic rings. The van der Waals surface area contributed by atoms with Gasteiger partial charge in [0.05, 0.1) is 13.0 Å². The highest BCUT2D eigenvalue weighted by Gasteiger charge is 2.28. The van der Waals surface area contributed by atoms with Gasteiger partial charge in [0.25, 0.3) is 0 Å². The molecule has 1 unspecified atom stereocenters. The van der Waals surface area contributed by atoms with Crippen LogP contribution in [0.3, 0.4) is 0 Å². The first kappa shape index (κ1) is 10.3. The number of nitrogens with zero attached hydrogens (tertiary/aromatic N) is 1. The fourth-order valence-corrected chi connectivity index (χ4v) is 1.72. The number of carbonyl (C=O) groups excluding carboxylic acids is 1. The molecule has 3 heteroatoms. The quantitative estimate of drug-likeness (QED) is 0.484. The van der Waals surface area contributed by atoms with Crippen LogP contribution in [0.2, 0.25) is 0 Å². The fraction of sp³-hybridized carbons (Fsp3) is 0.700. The number of carbonyl (C=O) groups is 1. The topological polar surface area (TPSA) is 29.5 Å². The SMILES string of the molecule is C=C(C)CN1CCC(C(=O)OC)C1. The van der Waals surface area contributed by atoms with Gasteiger partial charge in [-0.25, -0.2) is 0 Å². The van der Waals surface area contributed by atoms with Crippen LogP contribution >= 0.6 is 0 Å². The Morgan fingerprint density at radius 2 is 2.38 bits per heavy atom. The van der Waals surface area contributed by atoms with E-state index in [-0.39, 0.29) is 11.9 Å². The fourth-order valence-electron chi connectivity index (χ4n) is 1.72. The zero-order valence-corrected chi connectivity index (χ0v) is 8.38. The van der Waals surface area contributed by atoms with Gasteiger partial charge in [-0.05, 0) is 19.9 Å². The lowest BCUT2D eigenvalue weighted by atomic mass is 10.1. The minimum Gasteiger partial charge on any atom is -0.469 e. The van der Waals surface area contributed by atoms with E-state index in [1.807, 2.05) is 6.92 Å². The average Bonchev–Trinajstić information content (AvgIpc) is 2.50. The molecule has 0 N–H and O–H groups in total. The largest absolute Gasteiger partial charge is 0.469 e. The van der Waals surface area contributed by atoms with Crippen molar-refractivity contribution in [3.8, 4) is 0 Å². The number of likely N-dealkylation sites (tertiary alicyclic amines) is 1. The summed E-state index contributed by atoms with van der Waals surface area (Å²) in [4.78, 5) is 13.4. The van der Waals surface area contributed by atoms with Gasteiger partial charge in [-0.15, -0.1) is 0 Å². The highest BCUT2D eigenvalue weighted by molar-refractivity contribution is 5.72. The monoisotopic (exact) mass is 183 g/mol. The van der Waals surface area contributed by atoms with Gasteiger partial charge in [0.15, 0.2) is 0 Å². The molecule has 0 aromatic heterocycles. The standard InChI is InChI=1S/C10H17NO2/c1-8(2)6-11-5-4-9(7-11)10(12)13-3/h9H,1,4-7H2,2-3H3. The molecule has 1 heterocycles. The minimum absolute atomic E-state index is 0.0735. The van der Waals surface area contributed by atoms with E-state index in [1.165, 1.54) is 7.11 Å². The van der Waals surface area contributed by atoms with Crippen molar-refractivity contribution in [1.29, 1.82) is 0 Å². The molecule has 0 saturated carbocycles. The van der Waals surface area contributed by atoms with Gasteiger partial charge < -0.3 is 4.74 Å². The van der Waals surface area contributed by atoms with Crippen LogP contribution in [0.1, 0.15) is 13.3 Å². The molecule has 1 fully saturated rings. The Bertz CT molecular complexity index is 213. The zero-order chi connectivity index (χ0) is 9.84. The molecule has 3 nitrogen and oxygen atoms in total. The van der Waals surface area contributed by atoms with E-state index in [9.17, 15) is 4.79 Å². The first-order valence-electron chi connectivity index (χ1n) is 4.58. The van der Waals surface area contributed by atoms with Crippen molar-refractivity contribution in [2.45, 2.75) is 13.3 Å². The predicted molar refractivity (Wildman–Crippen MR) is 51.4 cm³/mol. The zero-order valence-electron chi connectivity index (χ0n) is 8.38. The summed E-state index contributed by atoms with van der Waals surface area (Å²) in [5, 5.41) is 0. The molecule has 0 aliphatic carbocycles. The summed E-state index contributed by atoms with van der Waals surface area (Å²) in [5.74, 6) is -0.00596. The van der Waals surface area contributed by atoms with Crippen molar-refractivity contribution < 1.29 is 9.53 Å². The van der Waals surface area contributed by atoms with Crippen LogP contribution in [0.15, 0.2) is 12.2 Å². The molecule has 1 saturated heterocycles. The third-order valence-electron chi connectivity index (χ3n) is 2.30. The summed E-state index contributed by atoms with van der Waals surface area (Å²) in [6.45, 7) is 8.55. The van der Waals surface area contributed by atoms with Crippen molar-refractivity contribution in [3.05, 3.63) is 12.2 Å². The maximum atomic E-state index is 11.2. The van der Waals surface area contributed by atoms with E-state index in [1.54, 1.807) is 0 Å². The van der Waals surface area contributed by atoms with Gasteiger partial charge in [-0.1, -0.05) is 12.2 Å². The highest BCUT2D eigenvalue weighted by Crippen LogP contribution is 2.17. The average molecular weight is 183 g/mol. The first-order valence-corrected chi connectivity index (χ1v) is 4.58. The molecule has 1 rings (SSSR count). The van der Waals surface area contributed by atoms with E-state index in [2.05, 4.69) is 11.5 Å². The van der Waals surface area contributed by atoms with Crippen LogP contribution in [-0.4, -0.2) is 37.6 Å². The van der Waals surface area contributed by atoms with Gasteiger partial charge >= 0.3 is 5.97 Å². The Morgan fingerprint density at radius 1 is 1.69 bits per heavy atom. The predicted octanol–water partition coefficient (Wildman–Crippen LogP) is 1.06. The second-order valence-electron chi connectivity index (χ2n) is 3.70. The number of rotatable bonds is 3. The van der Waals surface area contributed by atoms with E-state index in [4.69, 9.17) is 4.74 Å². The van der Waals surface area contributed by atoms with Crippen LogP contribution in [0.4, 0.5) is 0 Å². The van der Waals surface area contributed by atoms with E-state index in [0.717, 1.165) is 31.6 Å². The summed E-state index contributed by atoms with van der Waals surface area (Å²) in [7, 11) is 1.45. The summed E-state index contributed by atoms with van der Waals surface area (Å²) in [6, 6.07) is 0. The third-order valence-corrected chi connectivity index (χ3v) is 2.30. The molecule has 0 aromatic carbocycles. The Labute approximate surface area is 79.4 Å². The molecule has 0 spiro atoms. The van der Waals surface area contributed by atoms with Crippen molar-refractivity contribution >= 4 is 5.97 Å². The lowest BCUT2D eigenvalue weighted by Crippen LogP contribution is -2.25.